The Labute approximate surface area is 110 Å². The molecule has 1 aliphatic heterocycles. The van der Waals surface area contributed by atoms with Crippen molar-refractivity contribution in [3.63, 3.8) is 0 Å². The lowest BCUT2D eigenvalue weighted by Crippen LogP contribution is -2.35. The lowest BCUT2D eigenvalue weighted by Gasteiger charge is -2.11. The number of hydrogen-bond donors (Lipinski definition) is 1. The SMILES string of the molecule is Cc1nc2ccccn2c1C(=O)N[C@@H]1CCSC1. The van der Waals surface area contributed by atoms with Crippen molar-refractivity contribution in [1.82, 2.24) is 14.7 Å². The van der Waals surface area contributed by atoms with Crippen LogP contribution in [-0.4, -0.2) is 32.8 Å². The predicted molar refractivity (Wildman–Crippen MR) is 73.1 cm³/mol. The van der Waals surface area contributed by atoms with E-state index in [4.69, 9.17) is 0 Å². The average molecular weight is 261 g/mol. The van der Waals surface area contributed by atoms with Crippen LogP contribution in [0.4, 0.5) is 0 Å². The maximum atomic E-state index is 12.3. The summed E-state index contributed by atoms with van der Waals surface area (Å²) in [5.41, 5.74) is 2.26. The van der Waals surface area contributed by atoms with Gasteiger partial charge in [-0.15, -0.1) is 0 Å². The van der Waals surface area contributed by atoms with Crippen molar-refractivity contribution in [3.05, 3.63) is 35.8 Å². The molecule has 2 aromatic rings. The number of thioether (sulfide) groups is 1. The van der Waals surface area contributed by atoms with Crippen LogP contribution in [0.15, 0.2) is 24.4 Å². The monoisotopic (exact) mass is 261 g/mol. The molecular formula is C13H15N3OS. The predicted octanol–water partition coefficient (Wildman–Crippen LogP) is 1.88. The zero-order valence-corrected chi connectivity index (χ0v) is 11.0. The normalized spacial score (nSPS) is 19.3. The van der Waals surface area contributed by atoms with Crippen molar-refractivity contribution in [3.8, 4) is 0 Å². The standard InChI is InChI=1S/C13H15N3OS/c1-9-12(13(17)15-10-5-7-18-8-10)16-6-3-2-4-11(16)14-9/h2-4,6,10H,5,7-8H2,1H3,(H,15,17)/t10-/m1/s1. The van der Waals surface area contributed by atoms with E-state index in [1.54, 1.807) is 0 Å². The summed E-state index contributed by atoms with van der Waals surface area (Å²) >= 11 is 1.89. The summed E-state index contributed by atoms with van der Waals surface area (Å²) in [6, 6.07) is 6.05. The summed E-state index contributed by atoms with van der Waals surface area (Å²) in [7, 11) is 0. The van der Waals surface area contributed by atoms with Crippen molar-refractivity contribution in [2.24, 2.45) is 0 Å². The molecule has 94 valence electrons. The Hall–Kier alpha value is -1.49. The first-order chi connectivity index (χ1) is 8.75. The van der Waals surface area contributed by atoms with Crippen LogP contribution >= 0.6 is 11.8 Å². The van der Waals surface area contributed by atoms with E-state index in [1.165, 1.54) is 0 Å². The van der Waals surface area contributed by atoms with E-state index in [-0.39, 0.29) is 5.91 Å². The number of hydrogen-bond acceptors (Lipinski definition) is 3. The zero-order valence-electron chi connectivity index (χ0n) is 10.2. The van der Waals surface area contributed by atoms with Crippen LogP contribution in [-0.2, 0) is 0 Å². The van der Waals surface area contributed by atoms with Crippen LogP contribution in [0.1, 0.15) is 22.6 Å². The molecule has 0 saturated carbocycles. The highest BCUT2D eigenvalue weighted by atomic mass is 32.2. The molecule has 1 N–H and O–H groups in total. The quantitative estimate of drug-likeness (QED) is 0.898. The molecule has 0 spiro atoms. The molecule has 5 heteroatoms. The summed E-state index contributed by atoms with van der Waals surface area (Å²) in [5.74, 6) is 2.14. The number of nitrogens with one attached hydrogen (secondary N) is 1. The molecule has 0 aliphatic carbocycles. The Morgan fingerprint density at radius 2 is 2.44 bits per heavy atom. The third-order valence-electron chi connectivity index (χ3n) is 3.18. The van der Waals surface area contributed by atoms with Gasteiger partial charge in [-0.1, -0.05) is 6.07 Å². The minimum atomic E-state index is -0.0151. The van der Waals surface area contributed by atoms with Gasteiger partial charge in [0, 0.05) is 18.0 Å². The third-order valence-corrected chi connectivity index (χ3v) is 4.35. The third kappa shape index (κ3) is 1.99. The Bertz CT molecular complexity index is 587. The van der Waals surface area contributed by atoms with Crippen LogP contribution in [0.3, 0.4) is 0 Å². The zero-order chi connectivity index (χ0) is 12.5. The number of pyridine rings is 1. The van der Waals surface area contributed by atoms with Crippen LogP contribution in [0.5, 0.6) is 0 Å². The Morgan fingerprint density at radius 3 is 3.22 bits per heavy atom. The van der Waals surface area contributed by atoms with Gasteiger partial charge in [-0.2, -0.15) is 11.8 Å². The number of nitrogens with zero attached hydrogens (tertiary/aromatic N) is 2. The summed E-state index contributed by atoms with van der Waals surface area (Å²) in [5, 5.41) is 3.09. The summed E-state index contributed by atoms with van der Waals surface area (Å²) < 4.78 is 1.85. The number of amides is 1. The van der Waals surface area contributed by atoms with Crippen LogP contribution in [0.25, 0.3) is 5.65 Å². The van der Waals surface area contributed by atoms with Crippen LogP contribution in [0, 0.1) is 6.92 Å². The van der Waals surface area contributed by atoms with Crippen molar-refractivity contribution in [1.29, 1.82) is 0 Å². The fraction of sp³-hybridized carbons (Fsp3) is 0.385. The first-order valence-electron chi connectivity index (χ1n) is 6.08. The minimum absolute atomic E-state index is 0.0151. The summed E-state index contributed by atoms with van der Waals surface area (Å²) in [6.07, 6.45) is 2.94. The van der Waals surface area contributed by atoms with E-state index >= 15 is 0 Å². The molecule has 1 fully saturated rings. The second-order valence-corrected chi connectivity index (χ2v) is 5.66. The first kappa shape index (κ1) is 11.6. The molecule has 1 atom stereocenters. The molecule has 2 aromatic heterocycles. The van der Waals surface area contributed by atoms with Crippen molar-refractivity contribution < 1.29 is 4.79 Å². The molecule has 18 heavy (non-hydrogen) atoms. The fourth-order valence-corrected chi connectivity index (χ4v) is 3.44. The fourth-order valence-electron chi connectivity index (χ4n) is 2.29. The van der Waals surface area contributed by atoms with Crippen molar-refractivity contribution >= 4 is 23.3 Å². The summed E-state index contributed by atoms with van der Waals surface area (Å²) in [4.78, 5) is 16.7. The van der Waals surface area contributed by atoms with E-state index in [1.807, 2.05) is 47.5 Å². The second kappa shape index (κ2) is 4.65. The number of imidazole rings is 1. The maximum Gasteiger partial charge on any atom is 0.270 e. The molecule has 4 nitrogen and oxygen atoms in total. The van der Waals surface area contributed by atoms with Crippen LogP contribution < -0.4 is 5.32 Å². The topological polar surface area (TPSA) is 46.4 Å². The first-order valence-corrected chi connectivity index (χ1v) is 7.23. The number of aromatic nitrogens is 2. The molecular weight excluding hydrogens is 246 g/mol. The molecule has 1 amide bonds. The van der Waals surface area contributed by atoms with E-state index in [0.29, 0.717) is 11.7 Å². The van der Waals surface area contributed by atoms with E-state index in [9.17, 15) is 4.79 Å². The highest BCUT2D eigenvalue weighted by molar-refractivity contribution is 7.99. The smallest absolute Gasteiger partial charge is 0.270 e. The number of fused-ring (bicyclic) bond motifs is 1. The van der Waals surface area contributed by atoms with Gasteiger partial charge in [0.25, 0.3) is 5.91 Å². The molecule has 3 rings (SSSR count). The van der Waals surface area contributed by atoms with Gasteiger partial charge in [0.2, 0.25) is 0 Å². The van der Waals surface area contributed by atoms with Gasteiger partial charge in [0.15, 0.2) is 0 Å². The van der Waals surface area contributed by atoms with Crippen molar-refractivity contribution in [2.75, 3.05) is 11.5 Å². The van der Waals surface area contributed by atoms with Crippen LogP contribution in [0.2, 0.25) is 0 Å². The van der Waals surface area contributed by atoms with Crippen molar-refractivity contribution in [2.45, 2.75) is 19.4 Å². The van der Waals surface area contributed by atoms with Gasteiger partial charge < -0.3 is 5.32 Å². The number of rotatable bonds is 2. The number of carbonyl (C=O) groups excluding carboxylic acids is 1. The van der Waals surface area contributed by atoms with Gasteiger partial charge in [-0.05, 0) is 31.2 Å². The Morgan fingerprint density at radius 1 is 1.56 bits per heavy atom. The number of aryl methyl sites for hydroxylation is 1. The van der Waals surface area contributed by atoms with Gasteiger partial charge in [0.05, 0.1) is 5.69 Å². The molecule has 0 bridgehead atoms. The molecule has 0 unspecified atom stereocenters. The second-order valence-electron chi connectivity index (χ2n) is 4.51. The number of carbonyl (C=O) groups is 1. The van der Waals surface area contributed by atoms with E-state index < -0.39 is 0 Å². The van der Waals surface area contributed by atoms with Gasteiger partial charge in [-0.25, -0.2) is 4.98 Å². The lowest BCUT2D eigenvalue weighted by atomic mass is 10.2. The average Bonchev–Trinajstić information content (AvgIpc) is 2.94. The Kier molecular flexibility index (Phi) is 2.99. The minimum Gasteiger partial charge on any atom is -0.347 e. The van der Waals surface area contributed by atoms with E-state index in [0.717, 1.165) is 29.3 Å². The van der Waals surface area contributed by atoms with Gasteiger partial charge >= 0.3 is 0 Å². The van der Waals surface area contributed by atoms with Gasteiger partial charge in [0.1, 0.15) is 11.3 Å². The Balaban J connectivity index is 1.92. The molecule has 0 aromatic carbocycles. The highest BCUT2D eigenvalue weighted by Crippen LogP contribution is 2.18. The molecule has 3 heterocycles. The lowest BCUT2D eigenvalue weighted by molar-refractivity contribution is 0.0934. The molecule has 0 radical (unpaired) electrons. The largest absolute Gasteiger partial charge is 0.347 e. The van der Waals surface area contributed by atoms with Gasteiger partial charge in [-0.3, -0.25) is 9.20 Å². The molecule has 1 saturated heterocycles. The highest BCUT2D eigenvalue weighted by Gasteiger charge is 2.22. The summed E-state index contributed by atoms with van der Waals surface area (Å²) in [6.45, 7) is 1.88. The molecule has 1 aliphatic rings. The van der Waals surface area contributed by atoms with E-state index in [2.05, 4.69) is 10.3 Å². The maximum absolute atomic E-state index is 12.3.